The van der Waals surface area contributed by atoms with Crippen LogP contribution in [0.5, 0.6) is 0 Å². The summed E-state index contributed by atoms with van der Waals surface area (Å²) in [5.41, 5.74) is 2.85. The van der Waals surface area contributed by atoms with E-state index in [0.717, 1.165) is 6.54 Å². The number of anilines is 1. The molecule has 0 bridgehead atoms. The first-order valence-electron chi connectivity index (χ1n) is 6.91. The molecule has 0 spiro atoms. The van der Waals surface area contributed by atoms with Gasteiger partial charge >= 0.3 is 0 Å². The third-order valence-corrected chi connectivity index (χ3v) is 4.30. The predicted octanol–water partition coefficient (Wildman–Crippen LogP) is 3.13. The van der Waals surface area contributed by atoms with Gasteiger partial charge in [-0.25, -0.2) is 0 Å². The lowest BCUT2D eigenvalue weighted by Crippen LogP contribution is -2.28. The van der Waals surface area contributed by atoms with Crippen LogP contribution in [0.4, 0.5) is 5.69 Å². The summed E-state index contributed by atoms with van der Waals surface area (Å²) in [6.45, 7) is 7.75. The van der Waals surface area contributed by atoms with Crippen LogP contribution in [0.2, 0.25) is 0 Å². The molecule has 2 nitrogen and oxygen atoms in total. The number of hydrogen-bond donors (Lipinski definition) is 1. The van der Waals surface area contributed by atoms with Crippen molar-refractivity contribution in [2.24, 2.45) is 0 Å². The minimum atomic E-state index is 0.540. The van der Waals surface area contributed by atoms with E-state index in [9.17, 15) is 0 Å². The molecule has 0 saturated carbocycles. The summed E-state index contributed by atoms with van der Waals surface area (Å²) in [5.74, 6) is 2.56. The molecule has 0 aromatic heterocycles. The molecule has 0 atom stereocenters. The molecule has 0 unspecified atom stereocenters. The van der Waals surface area contributed by atoms with Crippen molar-refractivity contribution < 1.29 is 0 Å². The van der Waals surface area contributed by atoms with Gasteiger partial charge in [0.25, 0.3) is 0 Å². The maximum Gasteiger partial charge on any atom is 0.0412 e. The second-order valence-electron chi connectivity index (χ2n) is 5.12. The van der Waals surface area contributed by atoms with Crippen LogP contribution in [0.15, 0.2) is 24.3 Å². The van der Waals surface area contributed by atoms with E-state index in [1.807, 2.05) is 0 Å². The number of benzene rings is 1. The Morgan fingerprint density at radius 3 is 2.89 bits per heavy atom. The van der Waals surface area contributed by atoms with Gasteiger partial charge in [0.1, 0.15) is 0 Å². The van der Waals surface area contributed by atoms with Crippen molar-refractivity contribution >= 4 is 17.4 Å². The summed E-state index contributed by atoms with van der Waals surface area (Å²) in [5, 5.41) is 3.53. The van der Waals surface area contributed by atoms with Gasteiger partial charge in [-0.3, -0.25) is 0 Å². The number of rotatable bonds is 4. The summed E-state index contributed by atoms with van der Waals surface area (Å²) >= 11 is 2.08. The number of thioether (sulfide) groups is 1. The van der Waals surface area contributed by atoms with Crippen molar-refractivity contribution in [1.29, 1.82) is 0 Å². The molecule has 1 saturated heterocycles. The van der Waals surface area contributed by atoms with Gasteiger partial charge in [0.15, 0.2) is 0 Å². The number of nitrogens with one attached hydrogen (secondary N) is 1. The largest absolute Gasteiger partial charge is 0.370 e. The molecule has 1 aromatic rings. The summed E-state index contributed by atoms with van der Waals surface area (Å²) in [6, 6.07) is 9.37. The van der Waals surface area contributed by atoms with Crippen LogP contribution in [-0.4, -0.2) is 30.6 Å². The number of hydrogen-bond acceptors (Lipinski definition) is 3. The topological polar surface area (TPSA) is 15.3 Å². The fourth-order valence-electron chi connectivity index (χ4n) is 2.27. The third kappa shape index (κ3) is 3.92. The fourth-order valence-corrected chi connectivity index (χ4v) is 3.16. The van der Waals surface area contributed by atoms with E-state index in [4.69, 9.17) is 0 Å². The second kappa shape index (κ2) is 7.05. The van der Waals surface area contributed by atoms with Crippen molar-refractivity contribution in [2.75, 3.05) is 29.5 Å². The van der Waals surface area contributed by atoms with Crippen molar-refractivity contribution in [1.82, 2.24) is 5.32 Å². The average molecular weight is 264 g/mol. The summed E-state index contributed by atoms with van der Waals surface area (Å²) in [4.78, 5) is 2.55. The molecule has 100 valence electrons. The molecule has 3 heteroatoms. The van der Waals surface area contributed by atoms with E-state index in [1.165, 1.54) is 42.3 Å². The minimum absolute atomic E-state index is 0.540. The molecular formula is C15H24N2S. The highest BCUT2D eigenvalue weighted by atomic mass is 32.2. The van der Waals surface area contributed by atoms with Gasteiger partial charge in [0.05, 0.1) is 0 Å². The summed E-state index contributed by atoms with van der Waals surface area (Å²) in [6.07, 6.45) is 1.30. The lowest BCUT2D eigenvalue weighted by molar-refractivity contribution is 0.588. The van der Waals surface area contributed by atoms with Crippen LogP contribution in [0.1, 0.15) is 25.8 Å². The van der Waals surface area contributed by atoms with Gasteiger partial charge in [-0.1, -0.05) is 32.0 Å². The van der Waals surface area contributed by atoms with E-state index < -0.39 is 0 Å². The molecule has 1 aromatic carbocycles. The molecule has 0 radical (unpaired) electrons. The van der Waals surface area contributed by atoms with Crippen LogP contribution >= 0.6 is 11.8 Å². The molecule has 1 aliphatic rings. The van der Waals surface area contributed by atoms with Gasteiger partial charge in [0, 0.05) is 37.1 Å². The highest BCUT2D eigenvalue weighted by molar-refractivity contribution is 7.99. The Kier molecular flexibility index (Phi) is 5.39. The molecular weight excluding hydrogens is 240 g/mol. The highest BCUT2D eigenvalue weighted by Gasteiger charge is 2.13. The normalized spacial score (nSPS) is 16.9. The Bertz CT molecular complexity index is 357. The quantitative estimate of drug-likeness (QED) is 0.899. The average Bonchev–Trinajstić information content (AvgIpc) is 2.65. The van der Waals surface area contributed by atoms with Gasteiger partial charge in [-0.15, -0.1) is 0 Å². The van der Waals surface area contributed by atoms with E-state index in [-0.39, 0.29) is 0 Å². The molecule has 1 aliphatic heterocycles. The molecule has 0 amide bonds. The zero-order valence-electron chi connectivity index (χ0n) is 11.5. The van der Waals surface area contributed by atoms with Crippen LogP contribution in [-0.2, 0) is 6.54 Å². The van der Waals surface area contributed by atoms with Gasteiger partial charge < -0.3 is 10.2 Å². The predicted molar refractivity (Wildman–Crippen MR) is 82.6 cm³/mol. The molecule has 1 fully saturated rings. The van der Waals surface area contributed by atoms with Crippen molar-refractivity contribution in [3.05, 3.63) is 29.8 Å². The zero-order valence-corrected chi connectivity index (χ0v) is 12.3. The number of para-hydroxylation sites is 1. The molecule has 0 aliphatic carbocycles. The maximum absolute atomic E-state index is 3.53. The smallest absolute Gasteiger partial charge is 0.0412 e. The lowest BCUT2D eigenvalue weighted by atomic mass is 10.1. The van der Waals surface area contributed by atoms with E-state index >= 15 is 0 Å². The van der Waals surface area contributed by atoms with Crippen molar-refractivity contribution in [3.63, 3.8) is 0 Å². The number of nitrogens with zero attached hydrogens (tertiary/aromatic N) is 1. The van der Waals surface area contributed by atoms with E-state index in [2.05, 4.69) is 60.1 Å². The van der Waals surface area contributed by atoms with Gasteiger partial charge in [-0.05, 0) is 23.8 Å². The van der Waals surface area contributed by atoms with E-state index in [1.54, 1.807) is 0 Å². The SMILES string of the molecule is CC(C)NCc1ccccc1N1CCCSCC1. The zero-order chi connectivity index (χ0) is 12.8. The minimum Gasteiger partial charge on any atom is -0.370 e. The van der Waals surface area contributed by atoms with Crippen molar-refractivity contribution in [3.8, 4) is 0 Å². The molecule has 1 heterocycles. The summed E-state index contributed by atoms with van der Waals surface area (Å²) in [7, 11) is 0. The maximum atomic E-state index is 3.53. The van der Waals surface area contributed by atoms with Gasteiger partial charge in [0.2, 0.25) is 0 Å². The Labute approximate surface area is 115 Å². The Morgan fingerprint density at radius 2 is 2.06 bits per heavy atom. The fraction of sp³-hybridized carbons (Fsp3) is 0.600. The molecule has 18 heavy (non-hydrogen) atoms. The Morgan fingerprint density at radius 1 is 1.22 bits per heavy atom. The highest BCUT2D eigenvalue weighted by Crippen LogP contribution is 2.23. The first kappa shape index (κ1) is 13.8. The first-order valence-corrected chi connectivity index (χ1v) is 8.07. The second-order valence-corrected chi connectivity index (χ2v) is 6.34. The Balaban J connectivity index is 2.09. The monoisotopic (exact) mass is 264 g/mol. The lowest BCUT2D eigenvalue weighted by Gasteiger charge is -2.25. The van der Waals surface area contributed by atoms with Gasteiger partial charge in [-0.2, -0.15) is 11.8 Å². The van der Waals surface area contributed by atoms with Crippen LogP contribution in [0.25, 0.3) is 0 Å². The van der Waals surface area contributed by atoms with Crippen LogP contribution in [0.3, 0.4) is 0 Å². The standard InChI is InChI=1S/C15H24N2S/c1-13(2)16-12-14-6-3-4-7-15(14)17-8-5-10-18-11-9-17/h3-4,6-7,13,16H,5,8-12H2,1-2H3. The third-order valence-electron chi connectivity index (χ3n) is 3.26. The van der Waals surface area contributed by atoms with Crippen LogP contribution < -0.4 is 10.2 Å². The van der Waals surface area contributed by atoms with E-state index in [0.29, 0.717) is 6.04 Å². The van der Waals surface area contributed by atoms with Crippen molar-refractivity contribution in [2.45, 2.75) is 32.9 Å². The first-order chi connectivity index (χ1) is 8.77. The Hall–Kier alpha value is -0.670. The molecule has 1 N–H and O–H groups in total. The molecule has 2 rings (SSSR count). The van der Waals surface area contributed by atoms with Crippen LogP contribution in [0, 0.1) is 0 Å². The summed E-state index contributed by atoms with van der Waals surface area (Å²) < 4.78 is 0.